The minimum Gasteiger partial charge on any atom is -0.492 e. The number of hydrogen-bond acceptors (Lipinski definition) is 4. The number of carbonyl (C=O) groups is 1. The van der Waals surface area contributed by atoms with Gasteiger partial charge in [0.2, 0.25) is 0 Å². The maximum Gasteiger partial charge on any atom is 0.319 e. The summed E-state index contributed by atoms with van der Waals surface area (Å²) >= 11 is 0. The van der Waals surface area contributed by atoms with Gasteiger partial charge in [0.05, 0.1) is 6.54 Å². The van der Waals surface area contributed by atoms with Crippen LogP contribution in [0.4, 0.5) is 10.5 Å². The van der Waals surface area contributed by atoms with Crippen molar-refractivity contribution >= 4 is 11.7 Å². The zero-order valence-electron chi connectivity index (χ0n) is 14.3. The molecule has 26 heavy (non-hydrogen) atoms. The third-order valence-electron chi connectivity index (χ3n) is 3.63. The Morgan fingerprint density at radius 1 is 1.12 bits per heavy atom. The number of carbonyl (C=O) groups excluding carboxylic acids is 1. The third-order valence-corrected chi connectivity index (χ3v) is 3.63. The molecule has 2 amide bonds. The maximum atomic E-state index is 12.0. The number of anilines is 1. The number of aromatic nitrogens is 3. The van der Waals surface area contributed by atoms with Crippen molar-refractivity contribution in [3.8, 4) is 5.75 Å². The van der Waals surface area contributed by atoms with Gasteiger partial charge in [-0.3, -0.25) is 9.67 Å². The second-order valence-corrected chi connectivity index (χ2v) is 5.60. The van der Waals surface area contributed by atoms with Crippen LogP contribution >= 0.6 is 0 Å². The standard InChI is InChI=1S/C19H21N5O2/c25-19(21-11-8-16-5-1-2-9-20-16)23-17-6-3-7-18(15-17)26-14-13-24-12-4-10-22-24/h1-7,9-10,12,15H,8,11,13-14H2,(H2,21,23,25). The highest BCUT2D eigenvalue weighted by Crippen LogP contribution is 2.17. The lowest BCUT2D eigenvalue weighted by Gasteiger charge is -2.10. The Morgan fingerprint density at radius 2 is 2.08 bits per heavy atom. The monoisotopic (exact) mass is 351 g/mol. The summed E-state index contributed by atoms with van der Waals surface area (Å²) in [6.07, 6.45) is 6.05. The van der Waals surface area contributed by atoms with Gasteiger partial charge in [0, 0.05) is 49.0 Å². The first-order chi connectivity index (χ1) is 12.8. The van der Waals surface area contributed by atoms with E-state index in [1.54, 1.807) is 23.1 Å². The first-order valence-corrected chi connectivity index (χ1v) is 8.45. The van der Waals surface area contributed by atoms with E-state index in [-0.39, 0.29) is 6.03 Å². The average Bonchev–Trinajstić information content (AvgIpc) is 3.16. The summed E-state index contributed by atoms with van der Waals surface area (Å²) in [6.45, 7) is 1.68. The molecular formula is C19H21N5O2. The molecule has 1 aromatic carbocycles. The predicted molar refractivity (Wildman–Crippen MR) is 99.1 cm³/mol. The molecule has 7 nitrogen and oxygen atoms in total. The molecule has 0 atom stereocenters. The van der Waals surface area contributed by atoms with E-state index in [0.29, 0.717) is 37.6 Å². The van der Waals surface area contributed by atoms with Crippen molar-refractivity contribution in [1.29, 1.82) is 0 Å². The summed E-state index contributed by atoms with van der Waals surface area (Å²) in [4.78, 5) is 16.2. The molecule has 3 rings (SSSR count). The largest absolute Gasteiger partial charge is 0.492 e. The van der Waals surface area contributed by atoms with Crippen molar-refractivity contribution in [2.45, 2.75) is 13.0 Å². The van der Waals surface area contributed by atoms with Gasteiger partial charge in [-0.05, 0) is 30.3 Å². The van der Waals surface area contributed by atoms with E-state index in [0.717, 1.165) is 5.69 Å². The second kappa shape index (κ2) is 9.22. The number of nitrogens with zero attached hydrogens (tertiary/aromatic N) is 3. The molecule has 3 aromatic rings. The van der Waals surface area contributed by atoms with Crippen LogP contribution in [0.5, 0.6) is 5.75 Å². The van der Waals surface area contributed by atoms with Crippen LogP contribution in [0.15, 0.2) is 67.1 Å². The molecule has 0 fully saturated rings. The number of ether oxygens (including phenoxy) is 1. The molecule has 2 N–H and O–H groups in total. The van der Waals surface area contributed by atoms with Gasteiger partial charge in [0.1, 0.15) is 12.4 Å². The van der Waals surface area contributed by atoms with Crippen LogP contribution < -0.4 is 15.4 Å². The van der Waals surface area contributed by atoms with Crippen LogP contribution in [0.2, 0.25) is 0 Å². The van der Waals surface area contributed by atoms with E-state index in [9.17, 15) is 4.79 Å². The fourth-order valence-electron chi connectivity index (χ4n) is 2.38. The van der Waals surface area contributed by atoms with Crippen molar-refractivity contribution in [2.75, 3.05) is 18.5 Å². The van der Waals surface area contributed by atoms with Crippen LogP contribution in [0.3, 0.4) is 0 Å². The topological polar surface area (TPSA) is 81.1 Å². The maximum absolute atomic E-state index is 12.0. The van der Waals surface area contributed by atoms with Crippen molar-refractivity contribution in [2.24, 2.45) is 0 Å². The molecule has 0 unspecified atom stereocenters. The average molecular weight is 351 g/mol. The predicted octanol–water partition coefficient (Wildman–Crippen LogP) is 2.72. The minimum absolute atomic E-state index is 0.255. The Bertz CT molecular complexity index is 806. The van der Waals surface area contributed by atoms with Crippen molar-refractivity contribution in [3.05, 3.63) is 72.8 Å². The molecule has 7 heteroatoms. The number of amides is 2. The molecule has 2 heterocycles. The molecule has 0 aliphatic rings. The second-order valence-electron chi connectivity index (χ2n) is 5.60. The summed E-state index contributed by atoms with van der Waals surface area (Å²) in [5, 5.41) is 9.74. The summed E-state index contributed by atoms with van der Waals surface area (Å²) in [5.41, 5.74) is 1.62. The highest BCUT2D eigenvalue weighted by molar-refractivity contribution is 5.89. The Balaban J connectivity index is 1.41. The van der Waals surface area contributed by atoms with Gasteiger partial charge in [0.25, 0.3) is 0 Å². The Morgan fingerprint density at radius 3 is 2.88 bits per heavy atom. The molecule has 0 spiro atoms. The van der Waals surface area contributed by atoms with Crippen LogP contribution in [0, 0.1) is 0 Å². The van der Waals surface area contributed by atoms with Gasteiger partial charge in [0.15, 0.2) is 0 Å². The van der Waals surface area contributed by atoms with E-state index < -0.39 is 0 Å². The van der Waals surface area contributed by atoms with Crippen molar-refractivity contribution in [1.82, 2.24) is 20.1 Å². The zero-order chi connectivity index (χ0) is 18.0. The van der Waals surface area contributed by atoms with E-state index >= 15 is 0 Å². The normalized spacial score (nSPS) is 10.3. The smallest absolute Gasteiger partial charge is 0.319 e. The first kappa shape index (κ1) is 17.5. The van der Waals surface area contributed by atoms with Crippen LogP contribution in [0.25, 0.3) is 0 Å². The minimum atomic E-state index is -0.255. The molecule has 134 valence electrons. The highest BCUT2D eigenvalue weighted by atomic mass is 16.5. The van der Waals surface area contributed by atoms with Crippen LogP contribution in [-0.2, 0) is 13.0 Å². The Hall–Kier alpha value is -3.35. The molecule has 0 saturated carbocycles. The fraction of sp³-hybridized carbons (Fsp3) is 0.211. The van der Waals surface area contributed by atoms with Gasteiger partial charge in [-0.25, -0.2) is 4.79 Å². The van der Waals surface area contributed by atoms with Gasteiger partial charge >= 0.3 is 6.03 Å². The van der Waals surface area contributed by atoms with Crippen molar-refractivity contribution in [3.63, 3.8) is 0 Å². The molecule has 0 aliphatic carbocycles. The highest BCUT2D eigenvalue weighted by Gasteiger charge is 2.03. The third kappa shape index (κ3) is 5.62. The Labute approximate surface area is 152 Å². The number of rotatable bonds is 8. The van der Waals surface area contributed by atoms with Crippen LogP contribution in [-0.4, -0.2) is 33.9 Å². The summed E-state index contributed by atoms with van der Waals surface area (Å²) < 4.78 is 7.50. The first-order valence-electron chi connectivity index (χ1n) is 8.45. The number of nitrogens with one attached hydrogen (secondary N) is 2. The fourth-order valence-corrected chi connectivity index (χ4v) is 2.38. The van der Waals surface area contributed by atoms with Crippen LogP contribution in [0.1, 0.15) is 5.69 Å². The molecular weight excluding hydrogens is 330 g/mol. The van der Waals surface area contributed by atoms with Gasteiger partial charge in [-0.15, -0.1) is 0 Å². The quantitative estimate of drug-likeness (QED) is 0.654. The van der Waals surface area contributed by atoms with Gasteiger partial charge in [-0.2, -0.15) is 5.10 Å². The van der Waals surface area contributed by atoms with E-state index in [1.165, 1.54) is 0 Å². The zero-order valence-corrected chi connectivity index (χ0v) is 14.3. The number of benzene rings is 1. The lowest BCUT2D eigenvalue weighted by molar-refractivity contribution is 0.252. The number of pyridine rings is 1. The summed E-state index contributed by atoms with van der Waals surface area (Å²) in [5.74, 6) is 0.698. The number of urea groups is 1. The molecule has 0 saturated heterocycles. The van der Waals surface area contributed by atoms with Gasteiger partial charge < -0.3 is 15.4 Å². The van der Waals surface area contributed by atoms with Gasteiger partial charge in [-0.1, -0.05) is 12.1 Å². The van der Waals surface area contributed by atoms with E-state index in [2.05, 4.69) is 20.7 Å². The lowest BCUT2D eigenvalue weighted by Crippen LogP contribution is -2.30. The molecule has 0 bridgehead atoms. The van der Waals surface area contributed by atoms with Crippen molar-refractivity contribution < 1.29 is 9.53 Å². The molecule has 2 aromatic heterocycles. The van der Waals surface area contributed by atoms with E-state index in [4.69, 9.17) is 4.74 Å². The summed E-state index contributed by atoms with van der Waals surface area (Å²) in [6, 6.07) is 14.7. The number of hydrogen-bond donors (Lipinski definition) is 2. The molecule has 0 aliphatic heterocycles. The van der Waals surface area contributed by atoms with E-state index in [1.807, 2.05) is 48.7 Å². The molecule has 0 radical (unpaired) electrons. The lowest BCUT2D eigenvalue weighted by atomic mass is 10.3. The SMILES string of the molecule is O=C(NCCc1ccccn1)Nc1cccc(OCCn2cccn2)c1. The Kier molecular flexibility index (Phi) is 6.19. The summed E-state index contributed by atoms with van der Waals surface area (Å²) in [7, 11) is 0.